The number of ether oxygens (including phenoxy) is 1. The molecule has 0 unspecified atom stereocenters. The zero-order chi connectivity index (χ0) is 15.1. The molecule has 2 heterocycles. The first-order chi connectivity index (χ1) is 9.19. The van der Waals surface area contributed by atoms with Crippen molar-refractivity contribution in [2.75, 3.05) is 12.3 Å². The van der Waals surface area contributed by atoms with Crippen molar-refractivity contribution in [1.82, 2.24) is 9.47 Å². The zero-order valence-electron chi connectivity index (χ0n) is 12.4. The number of nitrogens with two attached hydrogens (primary N) is 1. The minimum Gasteiger partial charge on any atom is -0.444 e. The molecule has 1 aliphatic rings. The summed E-state index contributed by atoms with van der Waals surface area (Å²) < 4.78 is 6.88. The lowest BCUT2D eigenvalue weighted by atomic mass is 10.0. The fourth-order valence-electron chi connectivity index (χ4n) is 2.29. The number of aromatic nitrogens is 1. The maximum Gasteiger partial charge on any atom is 0.410 e. The monoisotopic (exact) mass is 279 g/mol. The van der Waals surface area contributed by atoms with Gasteiger partial charge in [0.25, 0.3) is 5.56 Å². The Balaban J connectivity index is 2.25. The maximum absolute atomic E-state index is 12.1. The van der Waals surface area contributed by atoms with Crippen LogP contribution in [0.5, 0.6) is 0 Å². The number of hydrogen-bond donors (Lipinski definition) is 1. The second kappa shape index (κ2) is 4.85. The molecular formula is C14H21N3O3. The molecule has 1 aliphatic heterocycles. The summed E-state index contributed by atoms with van der Waals surface area (Å²) in [7, 11) is 1.68. The predicted octanol–water partition coefficient (Wildman–Crippen LogP) is 1.26. The van der Waals surface area contributed by atoms with Crippen LogP contribution < -0.4 is 11.3 Å². The second-order valence-corrected chi connectivity index (χ2v) is 6.09. The number of rotatable bonds is 0. The van der Waals surface area contributed by atoms with Crippen LogP contribution in [0.4, 0.5) is 10.5 Å². The highest BCUT2D eigenvalue weighted by atomic mass is 16.6. The van der Waals surface area contributed by atoms with Crippen molar-refractivity contribution in [3.8, 4) is 0 Å². The summed E-state index contributed by atoms with van der Waals surface area (Å²) in [6.45, 7) is 6.44. The third-order valence-corrected chi connectivity index (χ3v) is 3.30. The molecule has 0 spiro atoms. The summed E-state index contributed by atoms with van der Waals surface area (Å²) in [6.07, 6.45) is 0.319. The van der Waals surface area contributed by atoms with Gasteiger partial charge in [-0.3, -0.25) is 4.79 Å². The number of carbonyl (C=O) groups excluding carboxylic acids is 1. The Morgan fingerprint density at radius 3 is 2.65 bits per heavy atom. The normalized spacial score (nSPS) is 14.9. The van der Waals surface area contributed by atoms with Crippen LogP contribution in [0.15, 0.2) is 10.9 Å². The SMILES string of the molecule is Cn1c2c(cc(N)c1=O)CCN(C(=O)OC(C)(C)C)C2. The van der Waals surface area contributed by atoms with Gasteiger partial charge in [-0.2, -0.15) is 0 Å². The summed E-state index contributed by atoms with van der Waals surface area (Å²) in [5.41, 5.74) is 7.02. The molecule has 6 nitrogen and oxygen atoms in total. The molecule has 2 N–H and O–H groups in total. The van der Waals surface area contributed by atoms with Gasteiger partial charge in [0, 0.05) is 19.3 Å². The fraction of sp³-hybridized carbons (Fsp3) is 0.571. The fourth-order valence-corrected chi connectivity index (χ4v) is 2.29. The van der Waals surface area contributed by atoms with Gasteiger partial charge in [-0.25, -0.2) is 4.79 Å². The lowest BCUT2D eigenvalue weighted by Gasteiger charge is -2.32. The molecule has 1 aromatic rings. The summed E-state index contributed by atoms with van der Waals surface area (Å²) in [6, 6.07) is 1.71. The molecule has 110 valence electrons. The van der Waals surface area contributed by atoms with Gasteiger partial charge < -0.3 is 19.9 Å². The summed E-state index contributed by atoms with van der Waals surface area (Å²) in [5.74, 6) is 0. The second-order valence-electron chi connectivity index (χ2n) is 6.09. The highest BCUT2D eigenvalue weighted by Crippen LogP contribution is 2.20. The number of anilines is 1. The number of amides is 1. The van der Waals surface area contributed by atoms with Crippen molar-refractivity contribution in [2.45, 2.75) is 39.3 Å². The minimum atomic E-state index is -0.523. The first-order valence-electron chi connectivity index (χ1n) is 6.64. The summed E-state index contributed by atoms with van der Waals surface area (Å²) in [5, 5.41) is 0. The summed E-state index contributed by atoms with van der Waals surface area (Å²) in [4.78, 5) is 25.5. The molecular weight excluding hydrogens is 258 g/mol. The van der Waals surface area contributed by atoms with Crippen LogP contribution in [-0.4, -0.2) is 27.7 Å². The molecule has 20 heavy (non-hydrogen) atoms. The molecule has 0 aliphatic carbocycles. The van der Waals surface area contributed by atoms with Gasteiger partial charge in [0.05, 0.1) is 12.2 Å². The third kappa shape index (κ3) is 2.79. The van der Waals surface area contributed by atoms with E-state index in [-0.39, 0.29) is 17.3 Å². The minimum absolute atomic E-state index is 0.227. The molecule has 0 atom stereocenters. The van der Waals surface area contributed by atoms with Crippen molar-refractivity contribution < 1.29 is 9.53 Å². The smallest absolute Gasteiger partial charge is 0.410 e. The molecule has 0 bridgehead atoms. The highest BCUT2D eigenvalue weighted by Gasteiger charge is 2.27. The Morgan fingerprint density at radius 1 is 1.40 bits per heavy atom. The van der Waals surface area contributed by atoms with Crippen molar-refractivity contribution in [3.05, 3.63) is 27.7 Å². The van der Waals surface area contributed by atoms with E-state index < -0.39 is 5.60 Å². The van der Waals surface area contributed by atoms with Crippen LogP contribution >= 0.6 is 0 Å². The van der Waals surface area contributed by atoms with Gasteiger partial charge >= 0.3 is 6.09 Å². The van der Waals surface area contributed by atoms with Crippen molar-refractivity contribution >= 4 is 11.8 Å². The largest absolute Gasteiger partial charge is 0.444 e. The number of nitrogen functional groups attached to an aromatic ring is 1. The number of pyridine rings is 1. The Morgan fingerprint density at radius 2 is 2.05 bits per heavy atom. The third-order valence-electron chi connectivity index (χ3n) is 3.30. The molecule has 1 aromatic heterocycles. The number of hydrogen-bond acceptors (Lipinski definition) is 4. The Labute approximate surface area is 118 Å². The Hall–Kier alpha value is -1.98. The van der Waals surface area contributed by atoms with Crippen LogP contribution in [0.2, 0.25) is 0 Å². The Kier molecular flexibility index (Phi) is 3.50. The molecule has 0 fully saturated rings. The lowest BCUT2D eigenvalue weighted by Crippen LogP contribution is -2.42. The molecule has 0 saturated heterocycles. The van der Waals surface area contributed by atoms with Gasteiger partial charge in [0.1, 0.15) is 5.60 Å². The van der Waals surface area contributed by atoms with E-state index in [1.54, 1.807) is 18.0 Å². The highest BCUT2D eigenvalue weighted by molar-refractivity contribution is 5.68. The number of fused-ring (bicyclic) bond motifs is 1. The quantitative estimate of drug-likeness (QED) is 0.775. The molecule has 1 amide bonds. The van der Waals surface area contributed by atoms with E-state index in [0.717, 1.165) is 11.3 Å². The first kappa shape index (κ1) is 14.4. The standard InChI is InChI=1S/C14H21N3O3/c1-14(2,3)20-13(19)17-6-5-9-7-10(15)12(18)16(4)11(9)8-17/h7H,5-6,8,15H2,1-4H3. The van der Waals surface area contributed by atoms with Crippen LogP contribution in [0.25, 0.3) is 0 Å². The lowest BCUT2D eigenvalue weighted by molar-refractivity contribution is 0.0218. The molecule has 6 heteroatoms. The van der Waals surface area contributed by atoms with E-state index in [4.69, 9.17) is 10.5 Å². The molecule has 2 rings (SSSR count). The van der Waals surface area contributed by atoms with Crippen LogP contribution in [0.3, 0.4) is 0 Å². The van der Waals surface area contributed by atoms with Gasteiger partial charge in [-0.15, -0.1) is 0 Å². The van der Waals surface area contributed by atoms with Crippen LogP contribution in [0, 0.1) is 0 Å². The molecule has 0 aromatic carbocycles. The Bertz CT molecular complexity index is 599. The van der Waals surface area contributed by atoms with E-state index in [9.17, 15) is 9.59 Å². The van der Waals surface area contributed by atoms with E-state index >= 15 is 0 Å². The van der Waals surface area contributed by atoms with E-state index in [1.165, 1.54) is 4.57 Å². The maximum atomic E-state index is 12.1. The van der Waals surface area contributed by atoms with Gasteiger partial charge in [0.2, 0.25) is 0 Å². The average Bonchev–Trinajstić information content (AvgIpc) is 2.34. The van der Waals surface area contributed by atoms with Gasteiger partial charge in [-0.05, 0) is 38.8 Å². The molecule has 0 saturated carbocycles. The number of nitrogens with zero attached hydrogens (tertiary/aromatic N) is 2. The van der Waals surface area contributed by atoms with Crippen LogP contribution in [0.1, 0.15) is 32.0 Å². The first-order valence-corrected chi connectivity index (χ1v) is 6.64. The molecule has 0 radical (unpaired) electrons. The van der Waals surface area contributed by atoms with Crippen LogP contribution in [-0.2, 0) is 24.8 Å². The van der Waals surface area contributed by atoms with Crippen molar-refractivity contribution in [1.29, 1.82) is 0 Å². The van der Waals surface area contributed by atoms with Gasteiger partial charge in [0.15, 0.2) is 0 Å². The van der Waals surface area contributed by atoms with E-state index in [2.05, 4.69) is 0 Å². The topological polar surface area (TPSA) is 77.6 Å². The van der Waals surface area contributed by atoms with E-state index in [0.29, 0.717) is 19.5 Å². The number of carbonyl (C=O) groups is 1. The van der Waals surface area contributed by atoms with Crippen molar-refractivity contribution in [2.24, 2.45) is 7.05 Å². The predicted molar refractivity (Wildman–Crippen MR) is 76.4 cm³/mol. The van der Waals surface area contributed by atoms with Crippen molar-refractivity contribution in [3.63, 3.8) is 0 Å². The zero-order valence-corrected chi connectivity index (χ0v) is 12.4. The van der Waals surface area contributed by atoms with E-state index in [1.807, 2.05) is 20.8 Å². The summed E-state index contributed by atoms with van der Waals surface area (Å²) >= 11 is 0. The average molecular weight is 279 g/mol. The van der Waals surface area contributed by atoms with Gasteiger partial charge in [-0.1, -0.05) is 0 Å².